The van der Waals surface area contributed by atoms with Crippen molar-refractivity contribution in [2.45, 2.75) is 20.8 Å². The van der Waals surface area contributed by atoms with Crippen molar-refractivity contribution < 1.29 is 4.79 Å². The minimum atomic E-state index is -0.475. The summed E-state index contributed by atoms with van der Waals surface area (Å²) >= 11 is 5.94. The number of carbonyl (C=O) groups is 1. The van der Waals surface area contributed by atoms with Crippen LogP contribution in [0.5, 0.6) is 0 Å². The van der Waals surface area contributed by atoms with Crippen molar-refractivity contribution in [2.24, 2.45) is 5.41 Å². The molecule has 1 amide bonds. The molecular weight excluding hydrogens is 224 g/mol. The second-order valence-electron chi connectivity index (χ2n) is 4.51. The highest BCUT2D eigenvalue weighted by atomic mass is 35.5. The SMILES string of the molecule is CC(C)(C)C(=O)Nc1ccc(C#N)cc1Cl. The summed E-state index contributed by atoms with van der Waals surface area (Å²) in [6.07, 6.45) is 0. The van der Waals surface area contributed by atoms with E-state index in [1.807, 2.05) is 26.8 Å². The molecule has 0 bridgehead atoms. The van der Waals surface area contributed by atoms with Crippen LogP contribution in [0.15, 0.2) is 18.2 Å². The van der Waals surface area contributed by atoms with Gasteiger partial charge in [-0.25, -0.2) is 0 Å². The number of nitrogens with zero attached hydrogens (tertiary/aromatic N) is 1. The summed E-state index contributed by atoms with van der Waals surface area (Å²) in [4.78, 5) is 11.7. The van der Waals surface area contributed by atoms with Crippen LogP contribution < -0.4 is 5.32 Å². The molecule has 1 rings (SSSR count). The van der Waals surface area contributed by atoms with Crippen LogP contribution in [0, 0.1) is 16.7 Å². The van der Waals surface area contributed by atoms with Crippen LogP contribution in [0.25, 0.3) is 0 Å². The summed E-state index contributed by atoms with van der Waals surface area (Å²) in [6.45, 7) is 5.46. The maximum atomic E-state index is 11.7. The molecule has 4 heteroatoms. The van der Waals surface area contributed by atoms with Crippen LogP contribution in [0.2, 0.25) is 5.02 Å². The Morgan fingerprint density at radius 2 is 2.06 bits per heavy atom. The molecule has 0 saturated heterocycles. The monoisotopic (exact) mass is 236 g/mol. The number of nitrogens with one attached hydrogen (secondary N) is 1. The first-order valence-electron chi connectivity index (χ1n) is 4.85. The molecule has 0 unspecified atom stereocenters. The molecule has 0 spiro atoms. The van der Waals surface area contributed by atoms with Gasteiger partial charge in [0.15, 0.2) is 0 Å². The zero-order chi connectivity index (χ0) is 12.3. The molecule has 1 N–H and O–H groups in total. The van der Waals surface area contributed by atoms with Crippen molar-refractivity contribution in [1.29, 1.82) is 5.26 Å². The van der Waals surface area contributed by atoms with E-state index >= 15 is 0 Å². The summed E-state index contributed by atoms with van der Waals surface area (Å²) in [5, 5.41) is 11.8. The average Bonchev–Trinajstić information content (AvgIpc) is 2.19. The van der Waals surface area contributed by atoms with E-state index in [-0.39, 0.29) is 5.91 Å². The summed E-state index contributed by atoms with van der Waals surface area (Å²) in [7, 11) is 0. The Morgan fingerprint density at radius 1 is 1.44 bits per heavy atom. The summed E-state index contributed by atoms with van der Waals surface area (Å²) in [5.41, 5.74) is 0.524. The van der Waals surface area contributed by atoms with Crippen LogP contribution in [0.3, 0.4) is 0 Å². The first kappa shape index (κ1) is 12.5. The summed E-state index contributed by atoms with van der Waals surface area (Å²) in [5.74, 6) is -0.112. The topological polar surface area (TPSA) is 52.9 Å². The van der Waals surface area contributed by atoms with Gasteiger partial charge < -0.3 is 5.32 Å². The number of anilines is 1. The molecular formula is C12H13ClN2O. The molecule has 0 aliphatic carbocycles. The second kappa shape index (κ2) is 4.54. The molecule has 1 aromatic carbocycles. The van der Waals surface area contributed by atoms with Crippen molar-refractivity contribution in [2.75, 3.05) is 5.32 Å². The molecule has 3 nitrogen and oxygen atoms in total. The van der Waals surface area contributed by atoms with Gasteiger partial charge in [-0.3, -0.25) is 4.79 Å². The average molecular weight is 237 g/mol. The lowest BCUT2D eigenvalue weighted by molar-refractivity contribution is -0.123. The van der Waals surface area contributed by atoms with Crippen molar-refractivity contribution in [3.05, 3.63) is 28.8 Å². The number of nitriles is 1. The van der Waals surface area contributed by atoms with Gasteiger partial charge in [-0.05, 0) is 18.2 Å². The van der Waals surface area contributed by atoms with Crippen LogP contribution >= 0.6 is 11.6 Å². The van der Waals surface area contributed by atoms with Crippen LogP contribution in [0.4, 0.5) is 5.69 Å². The summed E-state index contributed by atoms with van der Waals surface area (Å²) < 4.78 is 0. The van der Waals surface area contributed by atoms with Gasteiger partial charge in [-0.15, -0.1) is 0 Å². The Bertz CT molecular complexity index is 455. The molecule has 16 heavy (non-hydrogen) atoms. The van der Waals surface area contributed by atoms with Crippen molar-refractivity contribution in [1.82, 2.24) is 0 Å². The number of benzene rings is 1. The first-order valence-corrected chi connectivity index (χ1v) is 5.23. The van der Waals surface area contributed by atoms with E-state index in [4.69, 9.17) is 16.9 Å². The van der Waals surface area contributed by atoms with Gasteiger partial charge in [-0.2, -0.15) is 5.26 Å². The van der Waals surface area contributed by atoms with E-state index < -0.39 is 5.41 Å². The predicted molar refractivity (Wildman–Crippen MR) is 64.3 cm³/mol. The van der Waals surface area contributed by atoms with Gasteiger partial charge >= 0.3 is 0 Å². The van der Waals surface area contributed by atoms with Crippen LogP contribution in [-0.2, 0) is 4.79 Å². The van der Waals surface area contributed by atoms with Crippen molar-refractivity contribution >= 4 is 23.2 Å². The van der Waals surface area contributed by atoms with E-state index in [1.165, 1.54) is 6.07 Å². The Kier molecular flexibility index (Phi) is 3.56. The molecule has 0 atom stereocenters. The van der Waals surface area contributed by atoms with Gasteiger partial charge in [-0.1, -0.05) is 32.4 Å². The lowest BCUT2D eigenvalue weighted by Crippen LogP contribution is -2.27. The minimum absolute atomic E-state index is 0.112. The van der Waals surface area contributed by atoms with Gasteiger partial charge in [0.25, 0.3) is 0 Å². The minimum Gasteiger partial charge on any atom is -0.324 e. The van der Waals surface area contributed by atoms with E-state index in [1.54, 1.807) is 12.1 Å². The number of halogens is 1. The second-order valence-corrected chi connectivity index (χ2v) is 4.92. The predicted octanol–water partition coefficient (Wildman–Crippen LogP) is 3.20. The van der Waals surface area contributed by atoms with Crippen molar-refractivity contribution in [3.63, 3.8) is 0 Å². The molecule has 0 radical (unpaired) electrons. The fourth-order valence-corrected chi connectivity index (χ4v) is 1.22. The fourth-order valence-electron chi connectivity index (χ4n) is 0.996. The Labute approximate surface area is 100 Å². The number of amides is 1. The zero-order valence-corrected chi connectivity index (χ0v) is 10.2. The Hall–Kier alpha value is -1.53. The van der Waals surface area contributed by atoms with Crippen LogP contribution in [-0.4, -0.2) is 5.91 Å². The fraction of sp³-hybridized carbons (Fsp3) is 0.333. The molecule has 0 fully saturated rings. The zero-order valence-electron chi connectivity index (χ0n) is 9.47. The summed E-state index contributed by atoms with van der Waals surface area (Å²) in [6, 6.07) is 6.75. The maximum Gasteiger partial charge on any atom is 0.229 e. The van der Waals surface area contributed by atoms with Gasteiger partial charge in [0.05, 0.1) is 22.3 Å². The quantitative estimate of drug-likeness (QED) is 0.814. The molecule has 0 aliphatic rings. The maximum absolute atomic E-state index is 11.7. The van der Waals surface area contributed by atoms with E-state index in [0.29, 0.717) is 16.3 Å². The van der Waals surface area contributed by atoms with E-state index in [9.17, 15) is 4.79 Å². The number of carbonyl (C=O) groups excluding carboxylic acids is 1. The van der Waals surface area contributed by atoms with E-state index in [0.717, 1.165) is 0 Å². The lowest BCUT2D eigenvalue weighted by atomic mass is 9.95. The van der Waals surface area contributed by atoms with Crippen LogP contribution in [0.1, 0.15) is 26.3 Å². The third-order valence-electron chi connectivity index (χ3n) is 2.03. The number of hydrogen-bond acceptors (Lipinski definition) is 2. The highest BCUT2D eigenvalue weighted by molar-refractivity contribution is 6.33. The van der Waals surface area contributed by atoms with E-state index in [2.05, 4.69) is 5.32 Å². The molecule has 0 aliphatic heterocycles. The third-order valence-corrected chi connectivity index (χ3v) is 2.34. The highest BCUT2D eigenvalue weighted by Crippen LogP contribution is 2.25. The molecule has 0 saturated carbocycles. The standard InChI is InChI=1S/C12H13ClN2O/c1-12(2,3)11(16)15-10-5-4-8(7-14)6-9(10)13/h4-6H,1-3H3,(H,15,16). The highest BCUT2D eigenvalue weighted by Gasteiger charge is 2.21. The smallest absolute Gasteiger partial charge is 0.229 e. The lowest BCUT2D eigenvalue weighted by Gasteiger charge is -2.18. The van der Waals surface area contributed by atoms with Gasteiger partial charge in [0.2, 0.25) is 5.91 Å². The number of rotatable bonds is 1. The molecule has 84 valence electrons. The first-order chi connectivity index (χ1) is 7.34. The largest absolute Gasteiger partial charge is 0.324 e. The van der Waals surface area contributed by atoms with Gasteiger partial charge in [0.1, 0.15) is 0 Å². The van der Waals surface area contributed by atoms with Gasteiger partial charge in [0, 0.05) is 5.41 Å². The Balaban J connectivity index is 2.92. The molecule has 0 heterocycles. The molecule has 0 aromatic heterocycles. The number of hydrogen-bond donors (Lipinski definition) is 1. The Morgan fingerprint density at radius 3 is 2.50 bits per heavy atom. The van der Waals surface area contributed by atoms with Crippen molar-refractivity contribution in [3.8, 4) is 6.07 Å². The third kappa shape index (κ3) is 2.98. The normalized spacial score (nSPS) is 10.7. The molecule has 1 aromatic rings.